The highest BCUT2D eigenvalue weighted by molar-refractivity contribution is 5.94. The second kappa shape index (κ2) is 5.82. The molecule has 0 aliphatic carbocycles. The minimum Gasteiger partial charge on any atom is -0.504 e. The van der Waals surface area contributed by atoms with Gasteiger partial charge in [0, 0.05) is 11.6 Å². The van der Waals surface area contributed by atoms with E-state index in [-0.39, 0.29) is 39.5 Å². The lowest BCUT2D eigenvalue weighted by molar-refractivity contribution is 0.317. The van der Waals surface area contributed by atoms with Gasteiger partial charge in [-0.25, -0.2) is 0 Å². The maximum atomic E-state index is 12.4. The Balaban J connectivity index is 2.38. The largest absolute Gasteiger partial charge is 0.504 e. The Labute approximate surface area is 140 Å². The molecule has 3 rings (SSSR count). The third-order valence-corrected chi connectivity index (χ3v) is 3.70. The van der Waals surface area contributed by atoms with Gasteiger partial charge in [0.25, 0.3) is 0 Å². The summed E-state index contributed by atoms with van der Waals surface area (Å²) in [6, 6.07) is 4.91. The van der Waals surface area contributed by atoms with Crippen molar-refractivity contribution in [1.82, 2.24) is 0 Å². The number of hydrogen-bond donors (Lipinski definition) is 4. The maximum Gasteiger partial charge on any atom is 0.211 e. The van der Waals surface area contributed by atoms with Crippen LogP contribution in [0.15, 0.2) is 33.5 Å². The first kappa shape index (κ1) is 16.3. The van der Waals surface area contributed by atoms with Crippen LogP contribution in [0.2, 0.25) is 0 Å². The molecule has 0 spiro atoms. The number of methoxy groups -OCH3 is 2. The monoisotopic (exact) mass is 346 g/mol. The van der Waals surface area contributed by atoms with Crippen LogP contribution in [0, 0.1) is 0 Å². The molecular weight excluding hydrogens is 332 g/mol. The number of phenolic OH excluding ortho intramolecular Hbond substituents is 4. The highest BCUT2D eigenvalue weighted by atomic mass is 16.5. The van der Waals surface area contributed by atoms with Crippen LogP contribution in [0.4, 0.5) is 0 Å². The summed E-state index contributed by atoms with van der Waals surface area (Å²) in [4.78, 5) is 12.4. The molecule has 0 aliphatic heterocycles. The highest BCUT2D eigenvalue weighted by Gasteiger charge is 2.25. The first-order valence-corrected chi connectivity index (χ1v) is 7.05. The van der Waals surface area contributed by atoms with Gasteiger partial charge in [-0.05, 0) is 18.2 Å². The summed E-state index contributed by atoms with van der Waals surface area (Å²) in [5.74, 6) is -2.17. The standard InChI is InChI=1S/C17H14O8/c1-23-16-13(21)12-10(20)6-11(7-3-4-8(18)9(19)5-7)25-15(12)14(22)17(16)24-2/h3-6,18-19,21-22H,1-2H3. The number of fused-ring (bicyclic) bond motifs is 1. The van der Waals surface area contributed by atoms with E-state index in [1.807, 2.05) is 0 Å². The molecule has 25 heavy (non-hydrogen) atoms. The number of ether oxygens (including phenoxy) is 2. The number of benzene rings is 2. The molecule has 0 saturated carbocycles. The molecule has 0 aliphatic rings. The van der Waals surface area contributed by atoms with Gasteiger partial charge < -0.3 is 34.3 Å². The first-order chi connectivity index (χ1) is 11.9. The summed E-state index contributed by atoms with van der Waals surface area (Å²) in [5, 5.41) is 39.3. The van der Waals surface area contributed by atoms with Crippen molar-refractivity contribution >= 4 is 11.0 Å². The Morgan fingerprint density at radius 2 is 1.52 bits per heavy atom. The number of rotatable bonds is 3. The summed E-state index contributed by atoms with van der Waals surface area (Å²) in [5.41, 5.74) is -0.661. The van der Waals surface area contributed by atoms with Crippen molar-refractivity contribution < 1.29 is 34.3 Å². The van der Waals surface area contributed by atoms with E-state index in [2.05, 4.69) is 0 Å². The zero-order chi connectivity index (χ0) is 18.3. The van der Waals surface area contributed by atoms with Crippen LogP contribution in [0.5, 0.6) is 34.5 Å². The Morgan fingerprint density at radius 1 is 0.880 bits per heavy atom. The SMILES string of the molecule is COc1c(OC)c(O)c2c(=O)cc(-c3ccc(O)c(O)c3)oc2c1O. The summed E-state index contributed by atoms with van der Waals surface area (Å²) < 4.78 is 15.5. The smallest absolute Gasteiger partial charge is 0.211 e. The predicted octanol–water partition coefficient (Wildman–Crippen LogP) is 2.30. The Hall–Kier alpha value is -3.55. The third kappa shape index (κ3) is 2.44. The first-order valence-electron chi connectivity index (χ1n) is 7.05. The van der Waals surface area contributed by atoms with Gasteiger partial charge in [0.1, 0.15) is 11.1 Å². The van der Waals surface area contributed by atoms with Gasteiger partial charge in [-0.15, -0.1) is 0 Å². The Bertz CT molecular complexity index is 1040. The molecule has 0 unspecified atom stereocenters. The summed E-state index contributed by atoms with van der Waals surface area (Å²) in [7, 11) is 2.50. The second-order valence-electron chi connectivity index (χ2n) is 5.15. The molecule has 2 aromatic carbocycles. The van der Waals surface area contributed by atoms with E-state index >= 15 is 0 Å². The maximum absolute atomic E-state index is 12.4. The fourth-order valence-electron chi connectivity index (χ4n) is 2.51. The van der Waals surface area contributed by atoms with Gasteiger partial charge in [0.2, 0.25) is 17.2 Å². The van der Waals surface area contributed by atoms with Gasteiger partial charge in [0.15, 0.2) is 28.3 Å². The van der Waals surface area contributed by atoms with Gasteiger partial charge in [-0.1, -0.05) is 0 Å². The molecule has 4 N–H and O–H groups in total. The summed E-state index contributed by atoms with van der Waals surface area (Å²) in [6.07, 6.45) is 0. The van der Waals surface area contributed by atoms with E-state index in [0.717, 1.165) is 6.07 Å². The lowest BCUT2D eigenvalue weighted by Crippen LogP contribution is -2.03. The summed E-state index contributed by atoms with van der Waals surface area (Å²) in [6.45, 7) is 0. The van der Waals surface area contributed by atoms with E-state index in [1.165, 1.54) is 32.4 Å². The van der Waals surface area contributed by atoms with Crippen molar-refractivity contribution in [2.45, 2.75) is 0 Å². The number of aromatic hydroxyl groups is 4. The predicted molar refractivity (Wildman–Crippen MR) is 87.7 cm³/mol. The number of phenols is 4. The fourth-order valence-corrected chi connectivity index (χ4v) is 2.51. The van der Waals surface area contributed by atoms with Crippen molar-refractivity contribution in [2.75, 3.05) is 14.2 Å². The molecular formula is C17H14O8. The third-order valence-electron chi connectivity index (χ3n) is 3.70. The molecule has 0 bridgehead atoms. The van der Waals surface area contributed by atoms with E-state index in [1.54, 1.807) is 0 Å². The molecule has 8 nitrogen and oxygen atoms in total. The van der Waals surface area contributed by atoms with Crippen LogP contribution < -0.4 is 14.9 Å². The Kier molecular flexibility index (Phi) is 3.80. The Morgan fingerprint density at radius 3 is 2.12 bits per heavy atom. The minimum atomic E-state index is -0.641. The van der Waals surface area contributed by atoms with Crippen LogP contribution in [0.1, 0.15) is 0 Å². The molecule has 0 saturated heterocycles. The van der Waals surface area contributed by atoms with Crippen LogP contribution in [-0.4, -0.2) is 34.6 Å². The van der Waals surface area contributed by atoms with Crippen LogP contribution in [-0.2, 0) is 0 Å². The van der Waals surface area contributed by atoms with Crippen LogP contribution >= 0.6 is 0 Å². The molecule has 3 aromatic rings. The average Bonchev–Trinajstić information content (AvgIpc) is 2.59. The quantitative estimate of drug-likeness (QED) is 0.420. The van der Waals surface area contributed by atoms with Crippen molar-refractivity contribution in [3.63, 3.8) is 0 Å². The molecule has 0 radical (unpaired) electrons. The molecule has 130 valence electrons. The van der Waals surface area contributed by atoms with Crippen molar-refractivity contribution in [3.05, 3.63) is 34.5 Å². The fraction of sp³-hybridized carbons (Fsp3) is 0.118. The zero-order valence-corrected chi connectivity index (χ0v) is 13.2. The van der Waals surface area contributed by atoms with Crippen molar-refractivity contribution in [3.8, 4) is 45.8 Å². The molecule has 8 heteroatoms. The lowest BCUT2D eigenvalue weighted by Gasteiger charge is -2.14. The van der Waals surface area contributed by atoms with E-state index < -0.39 is 22.7 Å². The highest BCUT2D eigenvalue weighted by Crippen LogP contribution is 2.49. The van der Waals surface area contributed by atoms with E-state index in [0.29, 0.717) is 0 Å². The zero-order valence-electron chi connectivity index (χ0n) is 13.2. The summed E-state index contributed by atoms with van der Waals surface area (Å²) >= 11 is 0. The topological polar surface area (TPSA) is 130 Å². The lowest BCUT2D eigenvalue weighted by atomic mass is 10.1. The average molecular weight is 346 g/mol. The normalized spacial score (nSPS) is 10.8. The minimum absolute atomic E-state index is 0.00900. The van der Waals surface area contributed by atoms with E-state index in [9.17, 15) is 25.2 Å². The van der Waals surface area contributed by atoms with Gasteiger partial charge in [-0.3, -0.25) is 4.79 Å². The van der Waals surface area contributed by atoms with Crippen LogP contribution in [0.25, 0.3) is 22.3 Å². The molecule has 1 heterocycles. The second-order valence-corrected chi connectivity index (χ2v) is 5.15. The molecule has 1 aromatic heterocycles. The van der Waals surface area contributed by atoms with Gasteiger partial charge in [-0.2, -0.15) is 0 Å². The van der Waals surface area contributed by atoms with Crippen molar-refractivity contribution in [1.29, 1.82) is 0 Å². The van der Waals surface area contributed by atoms with Gasteiger partial charge in [0.05, 0.1) is 14.2 Å². The molecule has 0 atom stereocenters. The van der Waals surface area contributed by atoms with Gasteiger partial charge >= 0.3 is 0 Å². The van der Waals surface area contributed by atoms with E-state index in [4.69, 9.17) is 13.9 Å². The van der Waals surface area contributed by atoms with Crippen molar-refractivity contribution in [2.24, 2.45) is 0 Å². The van der Waals surface area contributed by atoms with Crippen LogP contribution in [0.3, 0.4) is 0 Å². The number of hydrogen-bond acceptors (Lipinski definition) is 8. The molecule has 0 amide bonds. The molecule has 0 fully saturated rings.